The highest BCUT2D eigenvalue weighted by molar-refractivity contribution is 7.99. The number of thioether (sulfide) groups is 1. The number of carbonyl (C=O) groups excluding carboxylic acids is 1. The van der Waals surface area contributed by atoms with Gasteiger partial charge in [-0.2, -0.15) is 11.8 Å². The normalized spacial score (nSPS) is 12.1. The highest BCUT2D eigenvalue weighted by Gasteiger charge is 2.10. The van der Waals surface area contributed by atoms with Gasteiger partial charge in [-0.05, 0) is 24.8 Å². The molecule has 4 nitrogen and oxygen atoms in total. The highest BCUT2D eigenvalue weighted by Crippen LogP contribution is 2.04. The van der Waals surface area contributed by atoms with E-state index in [4.69, 9.17) is 5.73 Å². The molecule has 1 rings (SSSR count). The van der Waals surface area contributed by atoms with Crippen LogP contribution in [-0.2, 0) is 0 Å². The molecule has 0 radical (unpaired) electrons. The summed E-state index contributed by atoms with van der Waals surface area (Å²) in [5.41, 5.74) is 5.88. The van der Waals surface area contributed by atoms with E-state index in [2.05, 4.69) is 17.2 Å². The molecule has 0 aliphatic heterocycles. The summed E-state index contributed by atoms with van der Waals surface area (Å²) in [6.45, 7) is 4.07. The Morgan fingerprint density at radius 2 is 2.38 bits per heavy atom. The minimum Gasteiger partial charge on any atom is -0.384 e. The average Bonchev–Trinajstić information content (AvgIpc) is 2.26. The third kappa shape index (κ3) is 4.10. The summed E-state index contributed by atoms with van der Waals surface area (Å²) in [6, 6.07) is 5.18. The van der Waals surface area contributed by atoms with E-state index in [1.165, 1.54) is 0 Å². The highest BCUT2D eigenvalue weighted by atomic mass is 32.2. The van der Waals surface area contributed by atoms with Gasteiger partial charge in [-0.1, -0.05) is 13.0 Å². The Bertz CT molecular complexity index is 357. The molecule has 0 saturated carbocycles. The molecule has 0 aliphatic carbocycles. The van der Waals surface area contributed by atoms with Crippen molar-refractivity contribution in [2.24, 2.45) is 0 Å². The Morgan fingerprint density at radius 3 is 3.00 bits per heavy atom. The van der Waals surface area contributed by atoms with Crippen molar-refractivity contribution in [3.8, 4) is 0 Å². The van der Waals surface area contributed by atoms with Gasteiger partial charge in [0.2, 0.25) is 0 Å². The fourth-order valence-corrected chi connectivity index (χ4v) is 1.88. The molecule has 0 spiro atoms. The van der Waals surface area contributed by atoms with Crippen molar-refractivity contribution in [3.63, 3.8) is 0 Å². The van der Waals surface area contributed by atoms with E-state index in [-0.39, 0.29) is 11.9 Å². The molecule has 0 aromatic carbocycles. The summed E-state index contributed by atoms with van der Waals surface area (Å²) in [7, 11) is 0. The summed E-state index contributed by atoms with van der Waals surface area (Å²) in [5.74, 6) is 2.15. The lowest BCUT2D eigenvalue weighted by Gasteiger charge is -2.12. The third-order valence-corrected chi connectivity index (χ3v) is 3.10. The first-order valence-corrected chi connectivity index (χ1v) is 6.40. The topological polar surface area (TPSA) is 68.0 Å². The van der Waals surface area contributed by atoms with E-state index in [0.717, 1.165) is 11.5 Å². The van der Waals surface area contributed by atoms with E-state index >= 15 is 0 Å². The smallest absolute Gasteiger partial charge is 0.270 e. The number of nitrogens with one attached hydrogen (secondary N) is 1. The van der Waals surface area contributed by atoms with Crippen LogP contribution < -0.4 is 11.1 Å². The number of hydrogen-bond acceptors (Lipinski definition) is 4. The van der Waals surface area contributed by atoms with Gasteiger partial charge in [0.15, 0.2) is 0 Å². The molecule has 5 heteroatoms. The molecule has 0 fully saturated rings. The number of nitrogens with two attached hydrogens (primary N) is 1. The minimum atomic E-state index is -0.170. The molecule has 0 aliphatic rings. The Labute approximate surface area is 100 Å². The SMILES string of the molecule is CCSCC(C)NC(=O)c1cccc(N)n1. The van der Waals surface area contributed by atoms with E-state index in [1.54, 1.807) is 30.0 Å². The van der Waals surface area contributed by atoms with E-state index in [9.17, 15) is 4.79 Å². The molecule has 1 atom stereocenters. The standard InChI is InChI=1S/C11H17N3OS/c1-3-16-7-8(2)13-11(15)9-5-4-6-10(12)14-9/h4-6,8H,3,7H2,1-2H3,(H2,12,14)(H,13,15). The maximum atomic E-state index is 11.7. The van der Waals surface area contributed by atoms with Gasteiger partial charge in [-0.15, -0.1) is 0 Å². The molecule has 1 heterocycles. The summed E-state index contributed by atoms with van der Waals surface area (Å²) in [6.07, 6.45) is 0. The first kappa shape index (κ1) is 12.8. The number of nitrogen functional groups attached to an aromatic ring is 1. The van der Waals surface area contributed by atoms with Crippen LogP contribution in [0.4, 0.5) is 5.82 Å². The Morgan fingerprint density at radius 1 is 1.62 bits per heavy atom. The van der Waals surface area contributed by atoms with E-state index in [0.29, 0.717) is 11.5 Å². The van der Waals surface area contributed by atoms with Crippen LogP contribution in [0.2, 0.25) is 0 Å². The Hall–Kier alpha value is -1.23. The Kier molecular flexibility index (Phi) is 5.11. The predicted molar refractivity (Wildman–Crippen MR) is 68.6 cm³/mol. The first-order chi connectivity index (χ1) is 7.63. The van der Waals surface area contributed by atoms with Crippen molar-refractivity contribution >= 4 is 23.5 Å². The van der Waals surface area contributed by atoms with Gasteiger partial charge < -0.3 is 11.1 Å². The van der Waals surface area contributed by atoms with Crippen LogP contribution in [-0.4, -0.2) is 28.4 Å². The second-order valence-electron chi connectivity index (χ2n) is 3.48. The predicted octanol–water partition coefficient (Wildman–Crippen LogP) is 1.54. The van der Waals surface area contributed by atoms with Gasteiger partial charge in [-0.25, -0.2) is 4.98 Å². The first-order valence-electron chi connectivity index (χ1n) is 5.24. The maximum Gasteiger partial charge on any atom is 0.270 e. The fraction of sp³-hybridized carbons (Fsp3) is 0.455. The van der Waals surface area contributed by atoms with Gasteiger partial charge in [0.05, 0.1) is 0 Å². The van der Waals surface area contributed by atoms with Crippen LogP contribution in [0, 0.1) is 0 Å². The molecule has 3 N–H and O–H groups in total. The van der Waals surface area contributed by atoms with Gasteiger partial charge >= 0.3 is 0 Å². The van der Waals surface area contributed by atoms with E-state index in [1.807, 2.05) is 6.92 Å². The van der Waals surface area contributed by atoms with Crippen molar-refractivity contribution in [1.82, 2.24) is 10.3 Å². The van der Waals surface area contributed by atoms with Crippen LogP contribution in [0.1, 0.15) is 24.3 Å². The second-order valence-corrected chi connectivity index (χ2v) is 4.80. The lowest BCUT2D eigenvalue weighted by atomic mass is 10.3. The molecule has 1 unspecified atom stereocenters. The van der Waals surface area contributed by atoms with Crippen molar-refractivity contribution in [3.05, 3.63) is 23.9 Å². The average molecular weight is 239 g/mol. The lowest BCUT2D eigenvalue weighted by molar-refractivity contribution is 0.0939. The van der Waals surface area contributed by atoms with Gasteiger partial charge in [0, 0.05) is 11.8 Å². The van der Waals surface area contributed by atoms with Crippen molar-refractivity contribution in [2.45, 2.75) is 19.9 Å². The van der Waals surface area contributed by atoms with Crippen molar-refractivity contribution < 1.29 is 4.79 Å². The zero-order chi connectivity index (χ0) is 12.0. The molecule has 16 heavy (non-hydrogen) atoms. The zero-order valence-electron chi connectivity index (χ0n) is 9.56. The van der Waals surface area contributed by atoms with Gasteiger partial charge in [0.1, 0.15) is 11.5 Å². The molecule has 0 bridgehead atoms. The van der Waals surface area contributed by atoms with Crippen LogP contribution in [0.25, 0.3) is 0 Å². The van der Waals surface area contributed by atoms with E-state index < -0.39 is 0 Å². The number of nitrogens with zero attached hydrogens (tertiary/aromatic N) is 1. The monoisotopic (exact) mass is 239 g/mol. The zero-order valence-corrected chi connectivity index (χ0v) is 10.4. The van der Waals surface area contributed by atoms with Crippen LogP contribution in [0.5, 0.6) is 0 Å². The number of rotatable bonds is 5. The van der Waals surface area contributed by atoms with Crippen LogP contribution in [0.15, 0.2) is 18.2 Å². The second kappa shape index (κ2) is 6.37. The maximum absolute atomic E-state index is 11.7. The number of aromatic nitrogens is 1. The van der Waals surface area contributed by atoms with Crippen LogP contribution in [0.3, 0.4) is 0 Å². The fourth-order valence-electron chi connectivity index (χ4n) is 1.21. The molecule has 1 aromatic heterocycles. The molecular weight excluding hydrogens is 222 g/mol. The summed E-state index contributed by atoms with van der Waals surface area (Å²) in [4.78, 5) is 15.7. The summed E-state index contributed by atoms with van der Waals surface area (Å²) >= 11 is 1.80. The largest absolute Gasteiger partial charge is 0.384 e. The van der Waals surface area contributed by atoms with Crippen LogP contribution >= 0.6 is 11.8 Å². The number of carbonyl (C=O) groups is 1. The quantitative estimate of drug-likeness (QED) is 0.817. The number of anilines is 1. The van der Waals surface area contributed by atoms with Crippen molar-refractivity contribution in [1.29, 1.82) is 0 Å². The van der Waals surface area contributed by atoms with Gasteiger partial charge in [-0.3, -0.25) is 4.79 Å². The Balaban J connectivity index is 2.52. The molecule has 1 aromatic rings. The number of hydrogen-bond donors (Lipinski definition) is 2. The number of pyridine rings is 1. The van der Waals surface area contributed by atoms with Gasteiger partial charge in [0.25, 0.3) is 5.91 Å². The summed E-state index contributed by atoms with van der Waals surface area (Å²) in [5, 5.41) is 2.88. The molecular formula is C11H17N3OS. The third-order valence-electron chi connectivity index (χ3n) is 1.95. The lowest BCUT2D eigenvalue weighted by Crippen LogP contribution is -2.34. The number of amides is 1. The summed E-state index contributed by atoms with van der Waals surface area (Å²) < 4.78 is 0. The van der Waals surface area contributed by atoms with Crippen molar-refractivity contribution in [2.75, 3.05) is 17.2 Å². The molecule has 0 saturated heterocycles. The molecule has 1 amide bonds. The minimum absolute atomic E-state index is 0.140. The molecule has 88 valence electrons.